The van der Waals surface area contributed by atoms with E-state index in [1.165, 1.54) is 11.3 Å². The van der Waals surface area contributed by atoms with Crippen molar-refractivity contribution < 1.29 is 4.79 Å². The lowest BCUT2D eigenvalue weighted by Crippen LogP contribution is -2.38. The summed E-state index contributed by atoms with van der Waals surface area (Å²) < 4.78 is 0. The van der Waals surface area contributed by atoms with Crippen LogP contribution < -0.4 is 5.32 Å². The Balaban J connectivity index is 1.83. The van der Waals surface area contributed by atoms with Crippen molar-refractivity contribution in [2.75, 3.05) is 19.6 Å². The van der Waals surface area contributed by atoms with E-state index in [0.717, 1.165) is 26.1 Å². The monoisotopic (exact) mass is 256 g/mol. The Kier molecular flexibility index (Phi) is 2.65. The molecule has 86 valence electrons. The maximum absolute atomic E-state index is 12.3. The van der Waals surface area contributed by atoms with Crippen LogP contribution in [0.4, 0.5) is 0 Å². The molecule has 2 saturated heterocycles. The van der Waals surface area contributed by atoms with E-state index in [4.69, 9.17) is 11.6 Å². The van der Waals surface area contributed by atoms with Gasteiger partial charge in [-0.1, -0.05) is 11.6 Å². The first-order valence-corrected chi connectivity index (χ1v) is 6.78. The zero-order chi connectivity index (χ0) is 11.1. The first-order valence-electron chi connectivity index (χ1n) is 5.52. The zero-order valence-corrected chi connectivity index (χ0v) is 10.4. The second-order valence-corrected chi connectivity index (χ2v) is 5.69. The molecular weight excluding hydrogens is 244 g/mol. The Hall–Kier alpha value is -0.580. The number of amides is 1. The molecule has 2 atom stereocenters. The van der Waals surface area contributed by atoms with E-state index in [1.54, 1.807) is 6.07 Å². The van der Waals surface area contributed by atoms with Gasteiger partial charge in [0.2, 0.25) is 0 Å². The van der Waals surface area contributed by atoms with Crippen molar-refractivity contribution >= 4 is 28.8 Å². The highest BCUT2D eigenvalue weighted by atomic mass is 35.5. The molecule has 2 aliphatic rings. The molecule has 1 aromatic heterocycles. The molecule has 2 fully saturated rings. The summed E-state index contributed by atoms with van der Waals surface area (Å²) in [6.07, 6.45) is 1.12. The summed E-state index contributed by atoms with van der Waals surface area (Å²) in [4.78, 5) is 15.0. The first kappa shape index (κ1) is 10.6. The second-order valence-electron chi connectivity index (χ2n) is 4.37. The van der Waals surface area contributed by atoms with Gasteiger partial charge in [-0.3, -0.25) is 4.79 Å². The molecule has 1 aromatic rings. The van der Waals surface area contributed by atoms with Crippen LogP contribution in [0.3, 0.4) is 0 Å². The van der Waals surface area contributed by atoms with Crippen molar-refractivity contribution in [3.63, 3.8) is 0 Å². The van der Waals surface area contributed by atoms with Gasteiger partial charge in [-0.05, 0) is 23.8 Å². The van der Waals surface area contributed by atoms with Crippen LogP contribution in [0, 0.1) is 5.92 Å². The molecule has 3 rings (SSSR count). The van der Waals surface area contributed by atoms with Crippen molar-refractivity contribution in [3.8, 4) is 0 Å². The molecule has 16 heavy (non-hydrogen) atoms. The van der Waals surface area contributed by atoms with Gasteiger partial charge in [0, 0.05) is 25.7 Å². The van der Waals surface area contributed by atoms with Crippen molar-refractivity contribution in [1.82, 2.24) is 10.2 Å². The predicted octanol–water partition coefficient (Wildman–Crippen LogP) is 1.84. The maximum Gasteiger partial charge on any atom is 0.265 e. The SMILES string of the molecule is O=C(c1sccc1Cl)N1CC[C@H]2CNC[C@H]21. The highest BCUT2D eigenvalue weighted by Crippen LogP contribution is 2.31. The van der Waals surface area contributed by atoms with Crippen LogP contribution in [0.5, 0.6) is 0 Å². The third-order valence-electron chi connectivity index (χ3n) is 3.52. The number of carbonyl (C=O) groups is 1. The maximum atomic E-state index is 12.3. The number of nitrogens with zero attached hydrogens (tertiary/aromatic N) is 1. The van der Waals surface area contributed by atoms with Crippen LogP contribution in [0.1, 0.15) is 16.1 Å². The van der Waals surface area contributed by atoms with E-state index >= 15 is 0 Å². The van der Waals surface area contributed by atoms with Gasteiger partial charge in [-0.25, -0.2) is 0 Å². The minimum atomic E-state index is 0.108. The van der Waals surface area contributed by atoms with E-state index in [-0.39, 0.29) is 5.91 Å². The van der Waals surface area contributed by atoms with Gasteiger partial charge in [0.15, 0.2) is 0 Å². The lowest BCUT2D eigenvalue weighted by molar-refractivity contribution is 0.0742. The molecule has 0 aromatic carbocycles. The minimum absolute atomic E-state index is 0.108. The molecule has 0 bridgehead atoms. The fourth-order valence-corrected chi connectivity index (χ4v) is 3.77. The molecule has 0 spiro atoms. The van der Waals surface area contributed by atoms with Gasteiger partial charge < -0.3 is 10.2 Å². The Labute approximate surface area is 103 Å². The fourth-order valence-electron chi connectivity index (χ4n) is 2.68. The number of fused-ring (bicyclic) bond motifs is 1. The number of rotatable bonds is 1. The van der Waals surface area contributed by atoms with Gasteiger partial charge in [-0.15, -0.1) is 11.3 Å². The number of hydrogen-bond acceptors (Lipinski definition) is 3. The van der Waals surface area contributed by atoms with Gasteiger partial charge in [0.05, 0.1) is 5.02 Å². The van der Waals surface area contributed by atoms with Crippen LogP contribution in [0.2, 0.25) is 5.02 Å². The first-order chi connectivity index (χ1) is 7.77. The summed E-state index contributed by atoms with van der Waals surface area (Å²) >= 11 is 7.44. The van der Waals surface area contributed by atoms with Crippen LogP contribution >= 0.6 is 22.9 Å². The highest BCUT2D eigenvalue weighted by molar-refractivity contribution is 7.12. The molecule has 0 saturated carbocycles. The molecule has 1 amide bonds. The van der Waals surface area contributed by atoms with E-state index in [0.29, 0.717) is 21.9 Å². The Morgan fingerprint density at radius 2 is 2.44 bits per heavy atom. The molecule has 3 heterocycles. The average Bonchev–Trinajstić information content (AvgIpc) is 2.90. The summed E-state index contributed by atoms with van der Waals surface area (Å²) in [5, 5.41) is 5.80. The average molecular weight is 257 g/mol. The summed E-state index contributed by atoms with van der Waals surface area (Å²) in [5.41, 5.74) is 0. The van der Waals surface area contributed by atoms with Crippen molar-refractivity contribution in [3.05, 3.63) is 21.3 Å². The molecule has 0 aliphatic carbocycles. The molecule has 1 N–H and O–H groups in total. The minimum Gasteiger partial charge on any atom is -0.333 e. The summed E-state index contributed by atoms with van der Waals surface area (Å²) in [6, 6.07) is 2.17. The molecule has 0 radical (unpaired) electrons. The third-order valence-corrected chi connectivity index (χ3v) is 4.85. The van der Waals surface area contributed by atoms with E-state index in [1.807, 2.05) is 10.3 Å². The van der Waals surface area contributed by atoms with Crippen molar-refractivity contribution in [1.29, 1.82) is 0 Å². The number of hydrogen-bond donors (Lipinski definition) is 1. The Morgan fingerprint density at radius 1 is 1.56 bits per heavy atom. The van der Waals surface area contributed by atoms with Gasteiger partial charge in [0.1, 0.15) is 4.88 Å². The van der Waals surface area contributed by atoms with Gasteiger partial charge >= 0.3 is 0 Å². The lowest BCUT2D eigenvalue weighted by Gasteiger charge is -2.22. The summed E-state index contributed by atoms with van der Waals surface area (Å²) in [6.45, 7) is 2.86. The smallest absolute Gasteiger partial charge is 0.265 e. The van der Waals surface area contributed by atoms with Crippen molar-refractivity contribution in [2.45, 2.75) is 12.5 Å². The van der Waals surface area contributed by atoms with Gasteiger partial charge in [-0.2, -0.15) is 0 Å². The van der Waals surface area contributed by atoms with E-state index in [9.17, 15) is 4.79 Å². The molecule has 3 nitrogen and oxygen atoms in total. The number of halogens is 1. The second kappa shape index (κ2) is 4.02. The van der Waals surface area contributed by atoms with Crippen LogP contribution in [0.15, 0.2) is 11.4 Å². The van der Waals surface area contributed by atoms with Gasteiger partial charge in [0.25, 0.3) is 5.91 Å². The van der Waals surface area contributed by atoms with E-state index < -0.39 is 0 Å². The molecule has 5 heteroatoms. The number of thiophene rings is 1. The predicted molar refractivity (Wildman–Crippen MR) is 65.1 cm³/mol. The quantitative estimate of drug-likeness (QED) is 0.832. The highest BCUT2D eigenvalue weighted by Gasteiger charge is 2.40. The molecule has 0 unspecified atom stereocenters. The molecular formula is C11H13ClN2OS. The number of carbonyl (C=O) groups excluding carboxylic acids is 1. The van der Waals surface area contributed by atoms with Crippen molar-refractivity contribution in [2.24, 2.45) is 5.92 Å². The number of nitrogens with one attached hydrogen (secondary N) is 1. The Morgan fingerprint density at radius 3 is 3.19 bits per heavy atom. The number of likely N-dealkylation sites (tertiary alicyclic amines) is 1. The van der Waals surface area contributed by atoms with Crippen LogP contribution in [-0.4, -0.2) is 36.5 Å². The van der Waals surface area contributed by atoms with Crippen LogP contribution in [-0.2, 0) is 0 Å². The zero-order valence-electron chi connectivity index (χ0n) is 8.78. The van der Waals surface area contributed by atoms with Crippen LogP contribution in [0.25, 0.3) is 0 Å². The molecule has 2 aliphatic heterocycles. The Bertz CT molecular complexity index is 420. The summed E-state index contributed by atoms with van der Waals surface area (Å²) in [7, 11) is 0. The topological polar surface area (TPSA) is 32.3 Å². The lowest BCUT2D eigenvalue weighted by atomic mass is 10.1. The third kappa shape index (κ3) is 1.56. The largest absolute Gasteiger partial charge is 0.333 e. The van der Waals surface area contributed by atoms with E-state index in [2.05, 4.69) is 5.32 Å². The standard InChI is InChI=1S/C11H13ClN2OS/c12-8-2-4-16-10(8)11(15)14-3-1-7-5-13-6-9(7)14/h2,4,7,9,13H,1,3,5-6H2/t7-,9+/m0/s1. The fraction of sp³-hybridized carbons (Fsp3) is 0.545. The normalized spacial score (nSPS) is 28.4. The summed E-state index contributed by atoms with van der Waals surface area (Å²) in [5.74, 6) is 0.749.